The lowest BCUT2D eigenvalue weighted by Crippen LogP contribution is -2.29. The van der Waals surface area contributed by atoms with Gasteiger partial charge in [-0.25, -0.2) is 9.59 Å². The predicted octanol–water partition coefficient (Wildman–Crippen LogP) is 1.85. The van der Waals surface area contributed by atoms with Gasteiger partial charge < -0.3 is 28.6 Å². The molecule has 0 aromatic heterocycles. The predicted molar refractivity (Wildman–Crippen MR) is 105 cm³/mol. The summed E-state index contributed by atoms with van der Waals surface area (Å²) in [6.07, 6.45) is 1.26. The molecule has 158 valence electrons. The minimum absolute atomic E-state index is 0.0667. The Hall–Kier alpha value is -2.88. The maximum atomic E-state index is 12.5. The van der Waals surface area contributed by atoms with Crippen molar-refractivity contribution < 1.29 is 38.1 Å². The third-order valence-corrected chi connectivity index (χ3v) is 4.94. The number of nitrogens with zero attached hydrogens (tertiary/aromatic N) is 1. The molecule has 1 aliphatic rings. The van der Waals surface area contributed by atoms with E-state index >= 15 is 0 Å². The van der Waals surface area contributed by atoms with Gasteiger partial charge in [-0.1, -0.05) is 11.8 Å². The van der Waals surface area contributed by atoms with Crippen LogP contribution in [0.25, 0.3) is 0 Å². The average molecular weight is 425 g/mol. The Bertz CT molecular complexity index is 808. The van der Waals surface area contributed by atoms with E-state index in [1.54, 1.807) is 6.92 Å². The summed E-state index contributed by atoms with van der Waals surface area (Å²) in [5.74, 6) is -0.100. The fourth-order valence-electron chi connectivity index (χ4n) is 2.55. The van der Waals surface area contributed by atoms with Gasteiger partial charge in [0.05, 0.1) is 51.3 Å². The number of amides is 1. The van der Waals surface area contributed by atoms with E-state index in [0.717, 1.165) is 0 Å². The molecule has 0 aliphatic carbocycles. The summed E-state index contributed by atoms with van der Waals surface area (Å²) in [6, 6.07) is 2.99. The van der Waals surface area contributed by atoms with E-state index in [4.69, 9.17) is 23.7 Å². The van der Waals surface area contributed by atoms with Crippen molar-refractivity contribution in [1.29, 1.82) is 0 Å². The molecule has 2 rings (SSSR count). The van der Waals surface area contributed by atoms with Crippen molar-refractivity contribution in [3.8, 4) is 17.2 Å². The highest BCUT2D eigenvalue weighted by Crippen LogP contribution is 2.35. The molecule has 0 bridgehead atoms. The zero-order valence-electron chi connectivity index (χ0n) is 16.7. The van der Waals surface area contributed by atoms with Crippen molar-refractivity contribution in [1.82, 2.24) is 4.90 Å². The lowest BCUT2D eigenvalue weighted by atomic mass is 10.1. The van der Waals surface area contributed by atoms with Crippen molar-refractivity contribution in [3.05, 3.63) is 28.8 Å². The van der Waals surface area contributed by atoms with Gasteiger partial charge in [0.25, 0.3) is 0 Å². The Balaban J connectivity index is 2.05. The van der Waals surface area contributed by atoms with Crippen molar-refractivity contribution in [2.45, 2.75) is 6.92 Å². The first-order valence-corrected chi connectivity index (χ1v) is 9.72. The molecular weight excluding hydrogens is 402 g/mol. The number of hydrogen-bond donors (Lipinski definition) is 0. The number of carbonyl (C=O) groups excluding carboxylic acids is 3. The van der Waals surface area contributed by atoms with Crippen LogP contribution in [0.3, 0.4) is 0 Å². The van der Waals surface area contributed by atoms with Crippen LogP contribution in [0.4, 0.5) is 0 Å². The number of methoxy groups -OCH3 is 3. The molecule has 1 fully saturated rings. The number of thioether (sulfide) groups is 1. The number of rotatable bonds is 9. The molecule has 0 saturated carbocycles. The minimum atomic E-state index is -0.641. The summed E-state index contributed by atoms with van der Waals surface area (Å²) < 4.78 is 25.8. The van der Waals surface area contributed by atoms with E-state index in [-0.39, 0.29) is 42.7 Å². The summed E-state index contributed by atoms with van der Waals surface area (Å²) in [5.41, 5.74) is 0.162. The fourth-order valence-corrected chi connectivity index (χ4v) is 3.51. The van der Waals surface area contributed by atoms with Crippen LogP contribution in [0.15, 0.2) is 23.2 Å². The summed E-state index contributed by atoms with van der Waals surface area (Å²) in [6.45, 7) is 1.98. The highest BCUT2D eigenvalue weighted by molar-refractivity contribution is 8.04. The quantitative estimate of drug-likeness (QED) is 0.433. The molecule has 1 aromatic rings. The van der Waals surface area contributed by atoms with Gasteiger partial charge in [0.1, 0.15) is 17.9 Å². The largest absolute Gasteiger partial charge is 0.496 e. The SMILES string of the molecule is CCOC(=O)/C=C1\SCC(=O)N1CCOC(=O)c1cc(OC)c(OC)cc1OC. The summed E-state index contributed by atoms with van der Waals surface area (Å²) in [5, 5.41) is 0.466. The van der Waals surface area contributed by atoms with Crippen LogP contribution in [-0.4, -0.2) is 69.6 Å². The molecule has 0 spiro atoms. The van der Waals surface area contributed by atoms with Crippen molar-refractivity contribution in [2.24, 2.45) is 0 Å². The van der Waals surface area contributed by atoms with Crippen LogP contribution >= 0.6 is 11.8 Å². The van der Waals surface area contributed by atoms with Gasteiger partial charge in [0.2, 0.25) is 5.91 Å². The first kappa shape index (κ1) is 22.4. The molecule has 1 heterocycles. The molecule has 1 amide bonds. The Kier molecular flexibility index (Phi) is 8.20. The highest BCUT2D eigenvalue weighted by atomic mass is 32.2. The van der Waals surface area contributed by atoms with E-state index in [2.05, 4.69) is 0 Å². The zero-order chi connectivity index (χ0) is 21.4. The molecule has 0 N–H and O–H groups in total. The van der Waals surface area contributed by atoms with Gasteiger partial charge in [-0.2, -0.15) is 0 Å². The van der Waals surface area contributed by atoms with E-state index in [0.29, 0.717) is 16.5 Å². The molecule has 0 unspecified atom stereocenters. The van der Waals surface area contributed by atoms with Crippen molar-refractivity contribution >= 4 is 29.6 Å². The number of esters is 2. The second-order valence-electron chi connectivity index (χ2n) is 5.61. The number of carbonyl (C=O) groups is 3. The van der Waals surface area contributed by atoms with E-state index < -0.39 is 11.9 Å². The van der Waals surface area contributed by atoms with Gasteiger partial charge in [0, 0.05) is 12.1 Å². The van der Waals surface area contributed by atoms with Crippen LogP contribution in [-0.2, 0) is 19.1 Å². The van der Waals surface area contributed by atoms with Gasteiger partial charge in [0.15, 0.2) is 11.5 Å². The minimum Gasteiger partial charge on any atom is -0.496 e. The molecule has 9 nitrogen and oxygen atoms in total. The van der Waals surface area contributed by atoms with Gasteiger partial charge in [-0.15, -0.1) is 0 Å². The monoisotopic (exact) mass is 425 g/mol. The van der Waals surface area contributed by atoms with Crippen LogP contribution in [0.2, 0.25) is 0 Å². The molecule has 1 saturated heterocycles. The maximum Gasteiger partial charge on any atom is 0.342 e. The Morgan fingerprint density at radius 2 is 1.72 bits per heavy atom. The first-order chi connectivity index (χ1) is 13.9. The van der Waals surface area contributed by atoms with Crippen LogP contribution in [0, 0.1) is 0 Å². The Morgan fingerprint density at radius 1 is 1.07 bits per heavy atom. The van der Waals surface area contributed by atoms with Crippen LogP contribution in [0.1, 0.15) is 17.3 Å². The van der Waals surface area contributed by atoms with Crippen LogP contribution in [0.5, 0.6) is 17.2 Å². The van der Waals surface area contributed by atoms with E-state index in [9.17, 15) is 14.4 Å². The van der Waals surface area contributed by atoms with Gasteiger partial charge >= 0.3 is 11.9 Å². The van der Waals surface area contributed by atoms with Gasteiger partial charge in [-0.3, -0.25) is 4.79 Å². The first-order valence-electron chi connectivity index (χ1n) is 8.73. The Labute approximate surface area is 172 Å². The summed E-state index contributed by atoms with van der Waals surface area (Å²) in [4.78, 5) is 37.6. The zero-order valence-corrected chi connectivity index (χ0v) is 17.5. The summed E-state index contributed by atoms with van der Waals surface area (Å²) in [7, 11) is 4.35. The molecule has 29 heavy (non-hydrogen) atoms. The van der Waals surface area contributed by atoms with E-state index in [1.807, 2.05) is 0 Å². The molecular formula is C19H23NO8S. The smallest absolute Gasteiger partial charge is 0.342 e. The van der Waals surface area contributed by atoms with E-state index in [1.165, 1.54) is 56.2 Å². The normalized spacial score (nSPS) is 14.7. The lowest BCUT2D eigenvalue weighted by Gasteiger charge is -2.17. The fraction of sp³-hybridized carbons (Fsp3) is 0.421. The molecule has 1 aliphatic heterocycles. The number of hydrogen-bond acceptors (Lipinski definition) is 9. The second kappa shape index (κ2) is 10.6. The van der Waals surface area contributed by atoms with Crippen LogP contribution < -0.4 is 14.2 Å². The Morgan fingerprint density at radius 3 is 2.34 bits per heavy atom. The molecule has 0 atom stereocenters. The molecule has 0 radical (unpaired) electrons. The summed E-state index contributed by atoms with van der Waals surface area (Å²) >= 11 is 1.23. The third kappa shape index (κ3) is 5.57. The topological polar surface area (TPSA) is 101 Å². The third-order valence-electron chi connectivity index (χ3n) is 3.91. The molecule has 10 heteroatoms. The molecule has 1 aromatic carbocycles. The standard InChI is InChI=1S/C19H23NO8S/c1-5-27-18(22)10-17-20(16(21)11-29-17)6-7-28-19(23)12-8-14(25-3)15(26-4)9-13(12)24-2/h8-10H,5-7,11H2,1-4H3/b17-10-. The maximum absolute atomic E-state index is 12.5. The van der Waals surface area contributed by atoms with Crippen molar-refractivity contribution in [3.63, 3.8) is 0 Å². The van der Waals surface area contributed by atoms with Crippen molar-refractivity contribution in [2.75, 3.05) is 46.8 Å². The van der Waals surface area contributed by atoms with Gasteiger partial charge in [-0.05, 0) is 6.92 Å². The lowest BCUT2D eigenvalue weighted by molar-refractivity contribution is -0.137. The number of ether oxygens (including phenoxy) is 5. The average Bonchev–Trinajstić information content (AvgIpc) is 3.06. The number of benzene rings is 1. The second-order valence-corrected chi connectivity index (χ2v) is 6.61. The highest BCUT2D eigenvalue weighted by Gasteiger charge is 2.28.